The number of nitrogens with zero attached hydrogens (tertiary/aromatic N) is 3. The van der Waals surface area contributed by atoms with Crippen molar-refractivity contribution in [1.82, 2.24) is 9.88 Å². The van der Waals surface area contributed by atoms with Gasteiger partial charge < -0.3 is 25.9 Å². The summed E-state index contributed by atoms with van der Waals surface area (Å²) in [6, 6.07) is 5.38. The summed E-state index contributed by atoms with van der Waals surface area (Å²) in [5.74, 6) is -5.59. The molecular formula is C24H31F3N7O2+. The minimum atomic E-state index is -3.68. The number of nitrogens with one attached hydrogen (secondary N) is 1. The van der Waals surface area contributed by atoms with Crippen molar-refractivity contribution in [2.24, 2.45) is 21.5 Å². The summed E-state index contributed by atoms with van der Waals surface area (Å²) in [4.78, 5) is 13.2. The Labute approximate surface area is 207 Å². The maximum absolute atomic E-state index is 14.9. The molecule has 1 saturated heterocycles. The number of aromatic nitrogens is 1. The van der Waals surface area contributed by atoms with E-state index in [9.17, 15) is 13.2 Å². The second-order valence-electron chi connectivity index (χ2n) is 8.26. The molecule has 0 atom stereocenters. The van der Waals surface area contributed by atoms with Gasteiger partial charge in [-0.05, 0) is 47.8 Å². The Bertz CT molecular complexity index is 1120. The Morgan fingerprint density at radius 3 is 2.58 bits per heavy atom. The van der Waals surface area contributed by atoms with E-state index >= 15 is 0 Å². The molecule has 1 aliphatic rings. The van der Waals surface area contributed by atoms with Crippen LogP contribution in [0.4, 0.5) is 13.2 Å². The first-order valence-electron chi connectivity index (χ1n) is 11.3. The molecule has 2 heterocycles. The van der Waals surface area contributed by atoms with Crippen molar-refractivity contribution in [2.75, 3.05) is 39.5 Å². The first-order chi connectivity index (χ1) is 17.1. The lowest BCUT2D eigenvalue weighted by atomic mass is 10.1. The third-order valence-electron chi connectivity index (χ3n) is 5.27. The Balaban J connectivity index is 1.77. The molecule has 12 heteroatoms. The molecule has 36 heavy (non-hydrogen) atoms. The fraction of sp³-hybridized carbons (Fsp3) is 0.375. The maximum atomic E-state index is 14.9. The lowest BCUT2D eigenvalue weighted by Crippen LogP contribution is -2.38. The standard InChI is InChI=1S/C24H30F3N7O2/c1-16(28)12-21(29)32-22(33-23(30)24(26,27)18-2-4-19(25)5-3-18)20-13-17(14-31-20)15-36-11-8-34-6-9-35-10-7-34/h2-5,12-14,31H,6-11,15,28H2,1H3,(H3,29,30,32,33)/p+1/b16-12-. The van der Waals surface area contributed by atoms with Crippen molar-refractivity contribution in [3.63, 3.8) is 0 Å². The van der Waals surface area contributed by atoms with Crippen molar-refractivity contribution < 1.29 is 28.1 Å². The van der Waals surface area contributed by atoms with E-state index in [0.717, 1.165) is 49.5 Å². The van der Waals surface area contributed by atoms with Gasteiger partial charge >= 0.3 is 11.8 Å². The van der Waals surface area contributed by atoms with E-state index in [1.807, 2.05) is 0 Å². The predicted molar refractivity (Wildman–Crippen MR) is 131 cm³/mol. The normalized spacial score (nSPS) is 16.4. The Hall–Kier alpha value is -3.48. The molecule has 0 saturated carbocycles. The molecule has 9 nitrogen and oxygen atoms in total. The van der Waals surface area contributed by atoms with Crippen molar-refractivity contribution in [3.05, 3.63) is 70.9 Å². The van der Waals surface area contributed by atoms with Crippen LogP contribution in [0.15, 0.2) is 58.3 Å². The number of H-pyrrole nitrogens is 1. The Morgan fingerprint density at radius 2 is 1.92 bits per heavy atom. The van der Waals surface area contributed by atoms with E-state index in [2.05, 4.69) is 19.9 Å². The minimum absolute atomic E-state index is 0.0513. The number of morpholine rings is 1. The van der Waals surface area contributed by atoms with E-state index < -0.39 is 23.1 Å². The van der Waals surface area contributed by atoms with Gasteiger partial charge in [0.2, 0.25) is 0 Å². The highest BCUT2D eigenvalue weighted by atomic mass is 19.3. The number of alkyl halides is 2. The minimum Gasteiger partial charge on any atom is -0.402 e. The number of amidine groups is 3. The van der Waals surface area contributed by atoms with Crippen LogP contribution in [-0.4, -0.2) is 66.8 Å². The van der Waals surface area contributed by atoms with E-state index in [1.54, 1.807) is 19.2 Å². The van der Waals surface area contributed by atoms with Crippen LogP contribution in [0.1, 0.15) is 23.7 Å². The van der Waals surface area contributed by atoms with Gasteiger partial charge in [0.25, 0.3) is 5.84 Å². The molecular weight excluding hydrogens is 475 g/mol. The number of ether oxygens (including phenoxy) is 2. The summed E-state index contributed by atoms with van der Waals surface area (Å²) in [6.07, 6.45) is 3.02. The summed E-state index contributed by atoms with van der Waals surface area (Å²) in [5.41, 5.74) is 12.2. The average molecular weight is 507 g/mol. The van der Waals surface area contributed by atoms with Gasteiger partial charge in [0.15, 0.2) is 5.84 Å². The third-order valence-corrected chi connectivity index (χ3v) is 5.27. The van der Waals surface area contributed by atoms with E-state index in [-0.39, 0.29) is 11.7 Å². The molecule has 7 N–H and O–H groups in total. The first kappa shape index (κ1) is 27.1. The summed E-state index contributed by atoms with van der Waals surface area (Å²) in [5, 5.41) is 5.88. The third kappa shape index (κ3) is 7.77. The number of benzene rings is 1. The van der Waals surface area contributed by atoms with Crippen LogP contribution in [0.2, 0.25) is 0 Å². The summed E-state index contributed by atoms with van der Waals surface area (Å²) < 4.78 is 54.1. The van der Waals surface area contributed by atoms with Gasteiger partial charge in [-0.25, -0.2) is 4.39 Å². The van der Waals surface area contributed by atoms with Crippen LogP contribution in [0.5, 0.6) is 0 Å². The molecule has 194 valence electrons. The molecule has 0 unspecified atom stereocenters. The summed E-state index contributed by atoms with van der Waals surface area (Å²) in [7, 11) is 0. The van der Waals surface area contributed by atoms with Crippen molar-refractivity contribution in [3.8, 4) is 0 Å². The number of rotatable bonds is 9. The predicted octanol–water partition coefficient (Wildman–Crippen LogP) is 0.919. The zero-order chi connectivity index (χ0) is 26.1. The lowest BCUT2D eigenvalue weighted by Gasteiger charge is -2.26. The SMILES string of the molecule is C/C(N)=C/C(=[NH2+])N=C(N=C(N)C(F)(F)c1ccc(F)cc1)c1cc(COCCN2CCOCC2)c[nH]1. The number of allylic oxidation sites excluding steroid dienone is 1. The fourth-order valence-corrected chi connectivity index (χ4v) is 3.38. The van der Waals surface area contributed by atoms with Gasteiger partial charge in [-0.2, -0.15) is 13.8 Å². The zero-order valence-corrected chi connectivity index (χ0v) is 20.0. The highest BCUT2D eigenvalue weighted by Gasteiger charge is 2.37. The number of nitrogens with two attached hydrogens (primary N) is 3. The molecule has 0 amide bonds. The van der Waals surface area contributed by atoms with E-state index in [4.69, 9.17) is 26.4 Å². The first-order valence-corrected chi connectivity index (χ1v) is 11.3. The van der Waals surface area contributed by atoms with Crippen molar-refractivity contribution in [2.45, 2.75) is 19.5 Å². The zero-order valence-electron chi connectivity index (χ0n) is 20.0. The topological polar surface area (TPSA) is 140 Å². The largest absolute Gasteiger partial charge is 0.402 e. The summed E-state index contributed by atoms with van der Waals surface area (Å²) in [6.45, 7) is 6.37. The van der Waals surface area contributed by atoms with Gasteiger partial charge in [0.1, 0.15) is 11.5 Å². The van der Waals surface area contributed by atoms with Crippen LogP contribution in [0.25, 0.3) is 0 Å². The monoisotopic (exact) mass is 506 g/mol. The molecule has 0 aliphatic carbocycles. The van der Waals surface area contributed by atoms with Gasteiger partial charge in [-0.1, -0.05) is 0 Å². The smallest absolute Gasteiger partial charge is 0.329 e. The molecule has 1 fully saturated rings. The molecule has 0 bridgehead atoms. The lowest BCUT2D eigenvalue weighted by molar-refractivity contribution is -0.113. The molecule has 3 rings (SSSR count). The van der Waals surface area contributed by atoms with Crippen LogP contribution in [0, 0.1) is 5.82 Å². The Kier molecular flexibility index (Phi) is 9.39. The van der Waals surface area contributed by atoms with Crippen LogP contribution < -0.4 is 16.9 Å². The van der Waals surface area contributed by atoms with Crippen LogP contribution in [-0.2, 0) is 22.0 Å². The van der Waals surface area contributed by atoms with Crippen LogP contribution >= 0.6 is 0 Å². The van der Waals surface area contributed by atoms with Crippen LogP contribution in [0.3, 0.4) is 0 Å². The molecule has 1 aliphatic heterocycles. The van der Waals surface area contributed by atoms with Gasteiger partial charge in [0, 0.05) is 43.2 Å². The summed E-state index contributed by atoms with van der Waals surface area (Å²) >= 11 is 0. The van der Waals surface area contributed by atoms with E-state index in [0.29, 0.717) is 37.8 Å². The highest BCUT2D eigenvalue weighted by molar-refractivity contribution is 6.12. The van der Waals surface area contributed by atoms with Crippen molar-refractivity contribution >= 4 is 17.5 Å². The molecule has 0 radical (unpaired) electrons. The highest BCUT2D eigenvalue weighted by Crippen LogP contribution is 2.28. The molecule has 1 aromatic heterocycles. The molecule has 2 aromatic rings. The number of aliphatic imine (C=N–C) groups is 2. The average Bonchev–Trinajstić information content (AvgIpc) is 3.31. The number of halogens is 3. The van der Waals surface area contributed by atoms with E-state index in [1.165, 1.54) is 6.08 Å². The second kappa shape index (κ2) is 12.5. The molecule has 1 aromatic carbocycles. The molecule has 0 spiro atoms. The fourth-order valence-electron chi connectivity index (χ4n) is 3.38. The second-order valence-corrected chi connectivity index (χ2v) is 8.26. The quantitative estimate of drug-likeness (QED) is 0.228. The van der Waals surface area contributed by atoms with Gasteiger partial charge in [0.05, 0.1) is 26.4 Å². The number of hydrogen-bond donors (Lipinski definition) is 4. The van der Waals surface area contributed by atoms with Crippen molar-refractivity contribution in [1.29, 1.82) is 0 Å². The number of hydrogen-bond acceptors (Lipinski definition) is 4. The van der Waals surface area contributed by atoms with Gasteiger partial charge in [-0.15, -0.1) is 0 Å². The number of aromatic amines is 1. The van der Waals surface area contributed by atoms with Gasteiger partial charge in [-0.3, -0.25) is 10.3 Å². The maximum Gasteiger partial charge on any atom is 0.329 e. The Morgan fingerprint density at radius 1 is 1.22 bits per heavy atom.